The Balaban J connectivity index is 1.53. The molecule has 1 aliphatic heterocycles. The van der Waals surface area contributed by atoms with Crippen LogP contribution in [0.4, 0.5) is 5.69 Å². The minimum Gasteiger partial charge on any atom is -0.497 e. The fourth-order valence-corrected chi connectivity index (χ4v) is 2.76. The molecule has 0 N–H and O–H groups in total. The number of aryl methyl sites for hydroxylation is 1. The van der Waals surface area contributed by atoms with Gasteiger partial charge in [-0.15, -0.1) is 0 Å². The Labute approximate surface area is 141 Å². The van der Waals surface area contributed by atoms with Crippen molar-refractivity contribution in [1.82, 2.24) is 15.0 Å². The van der Waals surface area contributed by atoms with E-state index in [1.807, 2.05) is 36.1 Å². The maximum Gasteiger partial charge on any atom is 0.230 e. The normalized spacial score (nSPS) is 14.8. The van der Waals surface area contributed by atoms with Crippen LogP contribution >= 0.6 is 0 Å². The van der Waals surface area contributed by atoms with Gasteiger partial charge in [0.2, 0.25) is 11.8 Å². The number of amides is 1. The molecule has 128 valence electrons. The topological polar surface area (TPSA) is 71.7 Å². The largest absolute Gasteiger partial charge is 0.497 e. The van der Waals surface area contributed by atoms with Gasteiger partial charge >= 0.3 is 0 Å². The SMILES string of the molecule is CCc1nc(CC(=O)N2CCN(c3ccc(OC)cc3)CC2)no1. The summed E-state index contributed by atoms with van der Waals surface area (Å²) in [5, 5.41) is 3.84. The summed E-state index contributed by atoms with van der Waals surface area (Å²) in [5.41, 5.74) is 1.15. The highest BCUT2D eigenvalue weighted by atomic mass is 16.5. The first-order valence-corrected chi connectivity index (χ1v) is 8.18. The van der Waals surface area contributed by atoms with Gasteiger partial charge < -0.3 is 19.1 Å². The summed E-state index contributed by atoms with van der Waals surface area (Å²) in [7, 11) is 1.66. The van der Waals surface area contributed by atoms with Gasteiger partial charge in [-0.2, -0.15) is 4.98 Å². The van der Waals surface area contributed by atoms with Gasteiger partial charge in [-0.3, -0.25) is 4.79 Å². The first kappa shape index (κ1) is 16.3. The number of anilines is 1. The summed E-state index contributed by atoms with van der Waals surface area (Å²) in [6.07, 6.45) is 0.883. The van der Waals surface area contributed by atoms with Crippen LogP contribution in [0.25, 0.3) is 0 Å². The Morgan fingerprint density at radius 2 is 1.92 bits per heavy atom. The number of rotatable bonds is 5. The van der Waals surface area contributed by atoms with Crippen molar-refractivity contribution < 1.29 is 14.1 Å². The van der Waals surface area contributed by atoms with Gasteiger partial charge in [-0.25, -0.2) is 0 Å². The minimum atomic E-state index is 0.0489. The number of hydrogen-bond acceptors (Lipinski definition) is 6. The van der Waals surface area contributed by atoms with E-state index >= 15 is 0 Å². The van der Waals surface area contributed by atoms with E-state index in [2.05, 4.69) is 15.0 Å². The molecule has 0 spiro atoms. The lowest BCUT2D eigenvalue weighted by molar-refractivity contribution is -0.130. The highest BCUT2D eigenvalue weighted by Gasteiger charge is 2.22. The van der Waals surface area contributed by atoms with E-state index in [0.717, 1.165) is 24.5 Å². The van der Waals surface area contributed by atoms with Gasteiger partial charge in [0.1, 0.15) is 5.75 Å². The lowest BCUT2D eigenvalue weighted by Crippen LogP contribution is -2.49. The third-order valence-electron chi connectivity index (χ3n) is 4.19. The zero-order valence-corrected chi connectivity index (χ0v) is 14.1. The molecule has 0 saturated carbocycles. The van der Waals surface area contributed by atoms with E-state index in [1.54, 1.807) is 7.11 Å². The molecule has 2 heterocycles. The smallest absolute Gasteiger partial charge is 0.230 e. The highest BCUT2D eigenvalue weighted by Crippen LogP contribution is 2.20. The van der Waals surface area contributed by atoms with Crippen LogP contribution in [0.2, 0.25) is 0 Å². The highest BCUT2D eigenvalue weighted by molar-refractivity contribution is 5.78. The number of piperazine rings is 1. The fraction of sp³-hybridized carbons (Fsp3) is 0.471. The molecule has 24 heavy (non-hydrogen) atoms. The van der Waals surface area contributed by atoms with E-state index in [4.69, 9.17) is 9.26 Å². The summed E-state index contributed by atoms with van der Waals surface area (Å²) < 4.78 is 10.2. The van der Waals surface area contributed by atoms with Crippen molar-refractivity contribution in [2.45, 2.75) is 19.8 Å². The molecule has 2 aromatic rings. The van der Waals surface area contributed by atoms with E-state index in [1.165, 1.54) is 0 Å². The van der Waals surface area contributed by atoms with Crippen molar-refractivity contribution >= 4 is 11.6 Å². The molecule has 1 aliphatic rings. The van der Waals surface area contributed by atoms with Gasteiger partial charge in [0.15, 0.2) is 5.82 Å². The number of nitrogens with zero attached hydrogens (tertiary/aromatic N) is 4. The number of hydrogen-bond donors (Lipinski definition) is 0. The summed E-state index contributed by atoms with van der Waals surface area (Å²) >= 11 is 0. The van der Waals surface area contributed by atoms with E-state index in [9.17, 15) is 4.79 Å². The van der Waals surface area contributed by atoms with Crippen LogP contribution in [-0.2, 0) is 17.6 Å². The molecule has 1 aromatic carbocycles. The van der Waals surface area contributed by atoms with Gasteiger partial charge in [0, 0.05) is 38.3 Å². The van der Waals surface area contributed by atoms with Crippen LogP contribution in [0.1, 0.15) is 18.6 Å². The van der Waals surface area contributed by atoms with Gasteiger partial charge in [-0.1, -0.05) is 12.1 Å². The summed E-state index contributed by atoms with van der Waals surface area (Å²) in [6.45, 7) is 4.96. The fourth-order valence-electron chi connectivity index (χ4n) is 2.76. The number of benzene rings is 1. The van der Waals surface area contributed by atoms with Crippen LogP contribution in [0, 0.1) is 0 Å². The molecule has 7 nitrogen and oxygen atoms in total. The maximum atomic E-state index is 12.4. The van der Waals surface area contributed by atoms with Crippen molar-refractivity contribution in [3.8, 4) is 5.75 Å². The number of carbonyl (C=O) groups excluding carboxylic acids is 1. The Kier molecular flexibility index (Phi) is 4.98. The molecule has 0 aliphatic carbocycles. The lowest BCUT2D eigenvalue weighted by atomic mass is 10.2. The number of aromatic nitrogens is 2. The van der Waals surface area contributed by atoms with Crippen molar-refractivity contribution in [3.05, 3.63) is 36.0 Å². The second-order valence-corrected chi connectivity index (χ2v) is 5.70. The zero-order chi connectivity index (χ0) is 16.9. The summed E-state index contributed by atoms with van der Waals surface area (Å²) in [5.74, 6) is 1.93. The first-order chi connectivity index (χ1) is 11.7. The molecular formula is C17H22N4O3. The molecular weight excluding hydrogens is 308 g/mol. The standard InChI is InChI=1S/C17H22N4O3/c1-3-16-18-15(19-24-16)12-17(22)21-10-8-20(9-11-21)13-4-6-14(23-2)7-5-13/h4-7H,3,8-12H2,1-2H3. The zero-order valence-electron chi connectivity index (χ0n) is 14.1. The predicted octanol–water partition coefficient (Wildman–Crippen LogP) is 1.53. The van der Waals surface area contributed by atoms with E-state index in [0.29, 0.717) is 31.2 Å². The molecule has 0 unspecified atom stereocenters. The van der Waals surface area contributed by atoms with Gasteiger partial charge in [0.05, 0.1) is 13.5 Å². The average Bonchev–Trinajstić information content (AvgIpc) is 3.09. The van der Waals surface area contributed by atoms with Crippen molar-refractivity contribution in [1.29, 1.82) is 0 Å². The Hall–Kier alpha value is -2.57. The van der Waals surface area contributed by atoms with Crippen molar-refractivity contribution in [2.75, 3.05) is 38.2 Å². The van der Waals surface area contributed by atoms with Crippen molar-refractivity contribution in [3.63, 3.8) is 0 Å². The molecule has 0 radical (unpaired) electrons. The van der Waals surface area contributed by atoms with Crippen molar-refractivity contribution in [2.24, 2.45) is 0 Å². The molecule has 1 fully saturated rings. The Morgan fingerprint density at radius 3 is 2.50 bits per heavy atom. The molecule has 0 atom stereocenters. The average molecular weight is 330 g/mol. The molecule has 1 amide bonds. The van der Waals surface area contributed by atoms with E-state index in [-0.39, 0.29) is 12.3 Å². The van der Waals surface area contributed by atoms with E-state index < -0.39 is 0 Å². The lowest BCUT2D eigenvalue weighted by Gasteiger charge is -2.36. The van der Waals surface area contributed by atoms with Gasteiger partial charge in [0.25, 0.3) is 0 Å². The molecule has 1 aromatic heterocycles. The quantitative estimate of drug-likeness (QED) is 0.828. The first-order valence-electron chi connectivity index (χ1n) is 8.18. The number of carbonyl (C=O) groups is 1. The number of methoxy groups -OCH3 is 1. The maximum absolute atomic E-state index is 12.4. The van der Waals surface area contributed by atoms with Crippen LogP contribution in [0.15, 0.2) is 28.8 Å². The summed E-state index contributed by atoms with van der Waals surface area (Å²) in [6, 6.07) is 7.99. The predicted molar refractivity (Wildman–Crippen MR) is 89.2 cm³/mol. The molecule has 1 saturated heterocycles. The second-order valence-electron chi connectivity index (χ2n) is 5.70. The van der Waals surface area contributed by atoms with Crippen LogP contribution < -0.4 is 9.64 Å². The van der Waals surface area contributed by atoms with Crippen LogP contribution in [-0.4, -0.2) is 54.2 Å². The monoisotopic (exact) mass is 330 g/mol. The molecule has 3 rings (SSSR count). The second kappa shape index (κ2) is 7.33. The Bertz CT molecular complexity index is 675. The Morgan fingerprint density at radius 1 is 1.21 bits per heavy atom. The van der Waals surface area contributed by atoms with Crippen LogP contribution in [0.5, 0.6) is 5.75 Å². The molecule has 0 bridgehead atoms. The molecule has 7 heteroatoms. The third-order valence-corrected chi connectivity index (χ3v) is 4.19. The summed E-state index contributed by atoms with van der Waals surface area (Å²) in [4.78, 5) is 20.7. The third kappa shape index (κ3) is 3.67. The van der Waals surface area contributed by atoms with Gasteiger partial charge in [-0.05, 0) is 24.3 Å². The van der Waals surface area contributed by atoms with Crippen LogP contribution in [0.3, 0.4) is 0 Å². The number of ether oxygens (including phenoxy) is 1. The minimum absolute atomic E-state index is 0.0489.